The quantitative estimate of drug-likeness (QED) is 0.468. The lowest BCUT2D eigenvalue weighted by Crippen LogP contribution is -2.43. The third-order valence-corrected chi connectivity index (χ3v) is 4.95. The van der Waals surface area contributed by atoms with Gasteiger partial charge in [0.25, 0.3) is 5.56 Å². The normalized spacial score (nSPS) is 23.7. The number of halogens is 3. The zero-order valence-corrected chi connectivity index (χ0v) is 16.0. The molecule has 1 aromatic carbocycles. The van der Waals surface area contributed by atoms with Crippen LogP contribution in [0.5, 0.6) is 5.75 Å². The number of hydrogen-bond acceptors (Lipinski definition) is 9. The first-order chi connectivity index (χ1) is 15.1. The van der Waals surface area contributed by atoms with E-state index in [1.165, 1.54) is 12.1 Å². The van der Waals surface area contributed by atoms with Crippen molar-refractivity contribution in [1.82, 2.24) is 14.3 Å². The van der Waals surface area contributed by atoms with Crippen molar-refractivity contribution < 1.29 is 42.5 Å². The molecule has 0 amide bonds. The fourth-order valence-electron chi connectivity index (χ4n) is 3.47. The summed E-state index contributed by atoms with van der Waals surface area (Å²) in [5.74, 6) is -0.626. The van der Waals surface area contributed by atoms with Crippen LogP contribution in [0.1, 0.15) is 11.9 Å². The van der Waals surface area contributed by atoms with Gasteiger partial charge in [0.2, 0.25) is 0 Å². The summed E-state index contributed by atoms with van der Waals surface area (Å²) in [5, 5.41) is 32.8. The molecule has 1 aliphatic rings. The molecule has 4 rings (SSSR count). The van der Waals surface area contributed by atoms with Crippen LogP contribution in [0.4, 0.5) is 13.2 Å². The number of aromatic nitrogens is 3. The van der Waals surface area contributed by atoms with Crippen LogP contribution >= 0.6 is 0 Å². The van der Waals surface area contributed by atoms with E-state index in [1.807, 2.05) is 0 Å². The van der Waals surface area contributed by atoms with E-state index in [1.54, 1.807) is 0 Å². The van der Waals surface area contributed by atoms with Gasteiger partial charge < -0.3 is 29.3 Å². The molecule has 172 valence electrons. The van der Waals surface area contributed by atoms with Crippen LogP contribution in [-0.4, -0.2) is 60.9 Å². The van der Waals surface area contributed by atoms with Gasteiger partial charge in [-0.3, -0.25) is 13.9 Å². The van der Waals surface area contributed by atoms with Gasteiger partial charge in [-0.15, -0.1) is 13.2 Å². The van der Waals surface area contributed by atoms with Gasteiger partial charge in [0.15, 0.2) is 11.8 Å². The molecule has 4 atom stereocenters. The first-order valence-electron chi connectivity index (χ1n) is 9.18. The van der Waals surface area contributed by atoms with Crippen LogP contribution in [0.15, 0.2) is 44.6 Å². The third-order valence-electron chi connectivity index (χ3n) is 4.95. The fraction of sp³-hybridized carbons (Fsp3) is 0.389. The molecule has 0 radical (unpaired) electrons. The first-order valence-corrected chi connectivity index (χ1v) is 9.18. The van der Waals surface area contributed by atoms with E-state index in [0.717, 1.165) is 22.9 Å². The third kappa shape index (κ3) is 3.88. The zero-order valence-electron chi connectivity index (χ0n) is 16.0. The van der Waals surface area contributed by atoms with E-state index < -0.39 is 61.1 Å². The molecule has 3 N–H and O–H groups in total. The Balaban J connectivity index is 1.75. The molecular weight excluding hydrogens is 443 g/mol. The van der Waals surface area contributed by atoms with E-state index in [0.29, 0.717) is 4.57 Å². The van der Waals surface area contributed by atoms with Gasteiger partial charge in [-0.1, -0.05) is 11.2 Å². The largest absolute Gasteiger partial charge is 0.573 e. The van der Waals surface area contributed by atoms with Crippen LogP contribution in [0.25, 0.3) is 11.0 Å². The fourth-order valence-corrected chi connectivity index (χ4v) is 3.47. The van der Waals surface area contributed by atoms with Crippen LogP contribution in [0, 0.1) is 0 Å². The molecule has 0 bridgehead atoms. The van der Waals surface area contributed by atoms with E-state index in [4.69, 9.17) is 9.26 Å². The van der Waals surface area contributed by atoms with Gasteiger partial charge in [0.05, 0.1) is 18.5 Å². The first kappa shape index (κ1) is 22.0. The van der Waals surface area contributed by atoms with Crippen molar-refractivity contribution in [2.75, 3.05) is 6.61 Å². The summed E-state index contributed by atoms with van der Waals surface area (Å²) in [7, 11) is 0. The summed E-state index contributed by atoms with van der Waals surface area (Å²) >= 11 is 0. The summed E-state index contributed by atoms with van der Waals surface area (Å²) in [5.41, 5.74) is -2.06. The number of benzene rings is 1. The minimum absolute atomic E-state index is 0.0606. The second-order valence-electron chi connectivity index (χ2n) is 6.97. The molecule has 2 aromatic heterocycles. The summed E-state index contributed by atoms with van der Waals surface area (Å²) in [6.45, 7) is -1.21. The summed E-state index contributed by atoms with van der Waals surface area (Å²) in [6.07, 6.45) is -9.63. The van der Waals surface area contributed by atoms with Crippen molar-refractivity contribution in [2.24, 2.45) is 0 Å². The Kier molecular flexibility index (Phi) is 5.54. The molecule has 0 aliphatic carbocycles. The van der Waals surface area contributed by atoms with Crippen molar-refractivity contribution in [1.29, 1.82) is 0 Å². The Morgan fingerprint density at radius 1 is 1.16 bits per heavy atom. The summed E-state index contributed by atoms with van der Waals surface area (Å²) in [4.78, 5) is 25.3. The highest BCUT2D eigenvalue weighted by molar-refractivity contribution is 5.86. The Labute approximate surface area is 175 Å². The Morgan fingerprint density at radius 2 is 1.91 bits per heavy atom. The molecule has 32 heavy (non-hydrogen) atoms. The average Bonchev–Trinajstić information content (AvgIpc) is 3.26. The molecule has 1 saturated heterocycles. The SMILES string of the molecule is O=c1ccn([C@@H]2O[C@H](CO)C(O)[C@@H]2O)c(=O)n1Cc1noc2cccc(OC(F)(F)F)c12. The Hall–Kier alpha value is -3.20. The van der Waals surface area contributed by atoms with E-state index in [2.05, 4.69) is 9.89 Å². The zero-order chi connectivity index (χ0) is 23.2. The maximum absolute atomic E-state index is 12.9. The molecule has 3 aromatic rings. The van der Waals surface area contributed by atoms with E-state index in [9.17, 15) is 38.1 Å². The number of ether oxygens (including phenoxy) is 2. The molecular formula is C18H16F3N3O8. The minimum atomic E-state index is -5.00. The number of fused-ring (bicyclic) bond motifs is 1. The smallest absolute Gasteiger partial charge is 0.405 e. The van der Waals surface area contributed by atoms with Gasteiger partial charge >= 0.3 is 12.1 Å². The van der Waals surface area contributed by atoms with Crippen molar-refractivity contribution in [3.05, 3.63) is 57.0 Å². The van der Waals surface area contributed by atoms with Crippen LogP contribution in [0.2, 0.25) is 0 Å². The lowest BCUT2D eigenvalue weighted by Gasteiger charge is -2.18. The van der Waals surface area contributed by atoms with Crippen molar-refractivity contribution in [2.45, 2.75) is 37.4 Å². The van der Waals surface area contributed by atoms with Crippen molar-refractivity contribution in [3.63, 3.8) is 0 Å². The van der Waals surface area contributed by atoms with Gasteiger partial charge in [-0.25, -0.2) is 4.79 Å². The second-order valence-corrected chi connectivity index (χ2v) is 6.97. The predicted molar refractivity (Wildman–Crippen MR) is 97.8 cm³/mol. The lowest BCUT2D eigenvalue weighted by atomic mass is 10.1. The average molecular weight is 459 g/mol. The topological polar surface area (TPSA) is 149 Å². The van der Waals surface area contributed by atoms with Crippen LogP contribution < -0.4 is 16.0 Å². The highest BCUT2D eigenvalue weighted by atomic mass is 19.4. The maximum Gasteiger partial charge on any atom is 0.573 e. The van der Waals surface area contributed by atoms with Crippen molar-refractivity contribution in [3.8, 4) is 5.75 Å². The minimum Gasteiger partial charge on any atom is -0.405 e. The molecule has 1 unspecified atom stereocenters. The predicted octanol–water partition coefficient (Wildman–Crippen LogP) is -0.290. The van der Waals surface area contributed by atoms with E-state index >= 15 is 0 Å². The Morgan fingerprint density at radius 3 is 2.56 bits per heavy atom. The second kappa shape index (κ2) is 8.05. The maximum atomic E-state index is 12.9. The monoisotopic (exact) mass is 459 g/mol. The highest BCUT2D eigenvalue weighted by Crippen LogP contribution is 2.33. The van der Waals surface area contributed by atoms with E-state index in [-0.39, 0.29) is 16.7 Å². The molecule has 1 fully saturated rings. The molecule has 11 nitrogen and oxygen atoms in total. The standard InChI is InChI=1S/C18H16F3N3O8/c19-18(20,21)31-9-2-1-3-10-13(9)8(22-32-10)6-24-12(26)4-5-23(17(24)29)16-15(28)14(27)11(7-25)30-16/h1-5,11,14-16,25,27-28H,6-7H2/t11-,14?,15+,16-/m1/s1. The number of rotatable bonds is 5. The van der Waals surface area contributed by atoms with Gasteiger partial charge in [0, 0.05) is 12.3 Å². The summed E-state index contributed by atoms with van der Waals surface area (Å²) in [6, 6.07) is 4.58. The van der Waals surface area contributed by atoms with Crippen molar-refractivity contribution >= 4 is 11.0 Å². The number of aliphatic hydroxyl groups excluding tert-OH is 3. The highest BCUT2D eigenvalue weighted by Gasteiger charge is 2.44. The number of nitrogens with zero attached hydrogens (tertiary/aromatic N) is 3. The molecule has 14 heteroatoms. The van der Waals surface area contributed by atoms with Crippen LogP contribution in [-0.2, 0) is 11.3 Å². The molecule has 0 saturated carbocycles. The van der Waals surface area contributed by atoms with Gasteiger partial charge in [0.1, 0.15) is 29.8 Å². The number of alkyl halides is 3. The van der Waals surface area contributed by atoms with Gasteiger partial charge in [-0.2, -0.15) is 0 Å². The summed E-state index contributed by atoms with van der Waals surface area (Å²) < 4.78 is 54.0. The Bertz CT molecular complexity index is 1250. The molecule has 1 aliphatic heterocycles. The molecule has 0 spiro atoms. The van der Waals surface area contributed by atoms with Gasteiger partial charge in [-0.05, 0) is 12.1 Å². The van der Waals surface area contributed by atoms with Crippen LogP contribution in [0.3, 0.4) is 0 Å². The number of aliphatic hydroxyl groups is 3. The number of hydrogen-bond donors (Lipinski definition) is 3. The molecule has 3 heterocycles. The lowest BCUT2D eigenvalue weighted by molar-refractivity contribution is -0.274.